The van der Waals surface area contributed by atoms with Crippen LogP contribution in [0.25, 0.3) is 92.5 Å². The summed E-state index contributed by atoms with van der Waals surface area (Å²) in [6.07, 6.45) is -0.435. The molecule has 0 saturated carbocycles. The van der Waals surface area contributed by atoms with Gasteiger partial charge in [0.1, 0.15) is 23.2 Å². The molecule has 3 heterocycles. The predicted molar refractivity (Wildman–Crippen MR) is 250 cm³/mol. The van der Waals surface area contributed by atoms with E-state index < -0.39 is 6.17 Å². The van der Waals surface area contributed by atoms with Crippen LogP contribution in [0.3, 0.4) is 0 Å². The van der Waals surface area contributed by atoms with Gasteiger partial charge in [-0.15, -0.1) is 0 Å². The van der Waals surface area contributed by atoms with Crippen LogP contribution in [0.5, 0.6) is 0 Å². The molecule has 0 aliphatic carbocycles. The Bertz CT molecular complexity index is 3820. The third kappa shape index (κ3) is 4.93. The number of nitrogens with zero attached hydrogens (tertiary/aromatic N) is 3. The molecule has 0 saturated heterocycles. The molecule has 2 aromatic heterocycles. The number of furan rings is 1. The first-order valence-corrected chi connectivity index (χ1v) is 20.4. The fourth-order valence-corrected chi connectivity index (χ4v) is 9.67. The van der Waals surface area contributed by atoms with Crippen molar-refractivity contribution in [1.82, 2.24) is 9.88 Å². The van der Waals surface area contributed by atoms with E-state index in [2.05, 4.69) is 198 Å². The van der Waals surface area contributed by atoms with Crippen molar-refractivity contribution in [3.63, 3.8) is 0 Å². The Morgan fingerprint density at radius 1 is 0.450 bits per heavy atom. The minimum absolute atomic E-state index is 0.435. The molecule has 0 radical (unpaired) electrons. The minimum atomic E-state index is -0.435. The molecule has 5 nitrogen and oxygen atoms in total. The number of hydrogen-bond donors (Lipinski definition) is 1. The number of rotatable bonds is 4. The van der Waals surface area contributed by atoms with Crippen LogP contribution < -0.4 is 5.32 Å². The maximum Gasteiger partial charge on any atom is 0.160 e. The van der Waals surface area contributed by atoms with E-state index in [1.807, 2.05) is 6.07 Å². The van der Waals surface area contributed by atoms with Gasteiger partial charge in [-0.3, -0.25) is 0 Å². The zero-order valence-electron chi connectivity index (χ0n) is 32.3. The number of hydrogen-bond acceptors (Lipinski definition) is 4. The van der Waals surface area contributed by atoms with Crippen molar-refractivity contribution in [3.8, 4) is 5.69 Å². The van der Waals surface area contributed by atoms with Crippen molar-refractivity contribution in [3.05, 3.63) is 211 Å². The molecule has 13 rings (SSSR count). The predicted octanol–water partition coefficient (Wildman–Crippen LogP) is 13.8. The van der Waals surface area contributed by atoms with Gasteiger partial charge >= 0.3 is 0 Å². The highest BCUT2D eigenvalue weighted by Gasteiger charge is 2.27. The van der Waals surface area contributed by atoms with E-state index in [1.165, 1.54) is 37.7 Å². The second kappa shape index (κ2) is 12.7. The largest absolute Gasteiger partial charge is 0.456 e. The third-order valence-corrected chi connectivity index (χ3v) is 12.4. The molecule has 1 aliphatic rings. The van der Waals surface area contributed by atoms with Gasteiger partial charge in [0.05, 0.1) is 22.1 Å². The Morgan fingerprint density at radius 3 is 1.95 bits per heavy atom. The van der Waals surface area contributed by atoms with E-state index in [0.717, 1.165) is 77.3 Å². The van der Waals surface area contributed by atoms with E-state index in [9.17, 15) is 0 Å². The lowest BCUT2D eigenvalue weighted by Gasteiger charge is -2.26. The maximum absolute atomic E-state index is 6.78. The Labute approximate surface area is 344 Å². The van der Waals surface area contributed by atoms with Crippen molar-refractivity contribution in [2.75, 3.05) is 0 Å². The van der Waals surface area contributed by atoms with Gasteiger partial charge in [0.25, 0.3) is 0 Å². The summed E-state index contributed by atoms with van der Waals surface area (Å²) in [6, 6.07) is 69.2. The fourth-order valence-electron chi connectivity index (χ4n) is 9.67. The standard InChI is InChI=1S/C55H34N4O/c1-2-16-35-30-48-45(28-34(35)15-1)42-23-9-11-26-47(42)59(48)49-31-37(32-51-52(49)44-24-10-12-27-50(44)60-51)53-56-54(43-25-13-18-33-14-3-5-19-38(33)43)58-55(57-53)46-29-36-17-4-6-20-39(36)40-21-7-8-22-41(40)46/h1-32,55H,(H,56,57,58). The Morgan fingerprint density at radius 2 is 1.10 bits per heavy atom. The molecular formula is C55H34N4O. The molecule has 0 spiro atoms. The molecule has 0 fully saturated rings. The second-order valence-corrected chi connectivity index (χ2v) is 15.8. The van der Waals surface area contributed by atoms with Crippen molar-refractivity contribution in [2.24, 2.45) is 9.98 Å². The van der Waals surface area contributed by atoms with E-state index in [4.69, 9.17) is 14.4 Å². The van der Waals surface area contributed by atoms with E-state index in [0.29, 0.717) is 5.84 Å². The number of aliphatic imine (C=N–C) groups is 2. The zero-order valence-corrected chi connectivity index (χ0v) is 32.3. The first kappa shape index (κ1) is 33.0. The number of aromatic nitrogens is 1. The van der Waals surface area contributed by atoms with Gasteiger partial charge in [0.2, 0.25) is 0 Å². The lowest BCUT2D eigenvalue weighted by atomic mass is 9.95. The first-order valence-electron chi connectivity index (χ1n) is 20.4. The van der Waals surface area contributed by atoms with Gasteiger partial charge in [0, 0.05) is 32.8 Å². The van der Waals surface area contributed by atoms with E-state index in [1.54, 1.807) is 0 Å². The normalized spacial score (nSPS) is 14.5. The summed E-state index contributed by atoms with van der Waals surface area (Å²) in [4.78, 5) is 10.9. The molecule has 5 heteroatoms. The van der Waals surface area contributed by atoms with Crippen LogP contribution in [-0.4, -0.2) is 16.2 Å². The third-order valence-electron chi connectivity index (χ3n) is 12.4. The SMILES string of the molecule is c1ccc2cc3c(cc2c1)c1ccccc1n3-c1cc(C2=NC(c3cccc4ccccc34)=NC(c3cc4ccccc4c4ccccc34)N2)cc2oc3ccccc3c12. The quantitative estimate of drug-likeness (QED) is 0.181. The molecular weight excluding hydrogens is 733 g/mol. The lowest BCUT2D eigenvalue weighted by Crippen LogP contribution is -2.33. The van der Waals surface area contributed by atoms with Crippen molar-refractivity contribution in [2.45, 2.75) is 6.17 Å². The van der Waals surface area contributed by atoms with Crippen molar-refractivity contribution < 1.29 is 4.42 Å². The van der Waals surface area contributed by atoms with Crippen LogP contribution in [0.1, 0.15) is 22.9 Å². The van der Waals surface area contributed by atoms with Crippen molar-refractivity contribution >= 4 is 98.5 Å². The molecule has 1 atom stereocenters. The molecule has 60 heavy (non-hydrogen) atoms. The van der Waals surface area contributed by atoms with Crippen LogP contribution in [0, 0.1) is 0 Å². The second-order valence-electron chi connectivity index (χ2n) is 15.8. The van der Waals surface area contributed by atoms with Crippen molar-refractivity contribution in [1.29, 1.82) is 0 Å². The molecule has 1 aliphatic heterocycles. The first-order chi connectivity index (χ1) is 29.7. The Kier molecular flexibility index (Phi) is 7.01. The summed E-state index contributed by atoms with van der Waals surface area (Å²) in [5.41, 5.74) is 7.91. The smallest absolute Gasteiger partial charge is 0.160 e. The Hall–Kier alpha value is -8.02. The zero-order chi connectivity index (χ0) is 39.3. The molecule has 12 aromatic rings. The van der Waals surface area contributed by atoms with Gasteiger partial charge in [0.15, 0.2) is 5.84 Å². The van der Waals surface area contributed by atoms with Crippen LogP contribution in [0.2, 0.25) is 0 Å². The van der Waals surface area contributed by atoms with Crippen LogP contribution in [0.15, 0.2) is 209 Å². The van der Waals surface area contributed by atoms with E-state index >= 15 is 0 Å². The molecule has 0 bridgehead atoms. The fraction of sp³-hybridized carbons (Fsp3) is 0.0182. The topological polar surface area (TPSA) is 54.8 Å². The van der Waals surface area contributed by atoms with Gasteiger partial charge in [-0.05, 0) is 85.6 Å². The number of fused-ring (bicyclic) bond motifs is 11. The Balaban J connectivity index is 1.10. The lowest BCUT2D eigenvalue weighted by molar-refractivity contribution is 0.667. The van der Waals surface area contributed by atoms with Gasteiger partial charge in [-0.2, -0.15) is 0 Å². The van der Waals surface area contributed by atoms with Crippen LogP contribution >= 0.6 is 0 Å². The summed E-state index contributed by atoms with van der Waals surface area (Å²) in [6.45, 7) is 0. The molecule has 10 aromatic carbocycles. The summed E-state index contributed by atoms with van der Waals surface area (Å²) < 4.78 is 9.20. The average molecular weight is 767 g/mol. The van der Waals surface area contributed by atoms with Gasteiger partial charge in [-0.1, -0.05) is 152 Å². The molecule has 1 unspecified atom stereocenters. The number of nitrogens with one attached hydrogen (secondary N) is 1. The minimum Gasteiger partial charge on any atom is -0.456 e. The highest BCUT2D eigenvalue weighted by Crippen LogP contribution is 2.41. The molecule has 280 valence electrons. The molecule has 1 N–H and O–H groups in total. The monoisotopic (exact) mass is 766 g/mol. The van der Waals surface area contributed by atoms with Crippen LogP contribution in [0.4, 0.5) is 0 Å². The van der Waals surface area contributed by atoms with Crippen LogP contribution in [-0.2, 0) is 0 Å². The number of amidine groups is 2. The summed E-state index contributed by atoms with van der Waals surface area (Å²) >= 11 is 0. The summed E-state index contributed by atoms with van der Waals surface area (Å²) in [5.74, 6) is 1.40. The molecule has 0 amide bonds. The van der Waals surface area contributed by atoms with Gasteiger partial charge < -0.3 is 14.3 Å². The summed E-state index contributed by atoms with van der Waals surface area (Å²) in [5, 5.41) is 17.8. The maximum atomic E-state index is 6.78. The van der Waals surface area contributed by atoms with Gasteiger partial charge in [-0.25, -0.2) is 9.98 Å². The average Bonchev–Trinajstić information content (AvgIpc) is 3.85. The number of para-hydroxylation sites is 2. The highest BCUT2D eigenvalue weighted by molar-refractivity contribution is 6.21. The highest BCUT2D eigenvalue weighted by atomic mass is 16.3. The number of benzene rings is 10. The van der Waals surface area contributed by atoms with E-state index in [-0.39, 0.29) is 0 Å². The summed E-state index contributed by atoms with van der Waals surface area (Å²) in [7, 11) is 0.